The number of nitrogens with one attached hydrogen (secondary N) is 2. The summed E-state index contributed by atoms with van der Waals surface area (Å²) in [5, 5.41) is 5.48. The highest BCUT2D eigenvalue weighted by atomic mass is 16.6. The molecule has 2 aromatic rings. The molecule has 2 rings (SSSR count). The number of carbonyl (C=O) groups is 3. The van der Waals surface area contributed by atoms with Crippen molar-refractivity contribution in [3.8, 4) is 5.75 Å². The van der Waals surface area contributed by atoms with Crippen LogP contribution in [-0.4, -0.2) is 48.1 Å². The van der Waals surface area contributed by atoms with Crippen LogP contribution in [0.5, 0.6) is 5.75 Å². The maximum atomic E-state index is 13.7. The molecule has 3 amide bonds. The van der Waals surface area contributed by atoms with Crippen molar-refractivity contribution < 1.29 is 23.9 Å². The Morgan fingerprint density at radius 2 is 1.72 bits per heavy atom. The van der Waals surface area contributed by atoms with E-state index in [1.54, 1.807) is 65.1 Å². The summed E-state index contributed by atoms with van der Waals surface area (Å²) in [6, 6.07) is 10.7. The van der Waals surface area contributed by atoms with Gasteiger partial charge in [-0.15, -0.1) is 6.58 Å². The van der Waals surface area contributed by atoms with Gasteiger partial charge in [-0.05, 0) is 76.9 Å². The molecule has 0 spiro atoms. The van der Waals surface area contributed by atoms with Crippen LogP contribution in [0.2, 0.25) is 0 Å². The van der Waals surface area contributed by atoms with Gasteiger partial charge in [-0.25, -0.2) is 4.79 Å². The van der Waals surface area contributed by atoms with Crippen molar-refractivity contribution in [2.75, 3.05) is 19.0 Å². The summed E-state index contributed by atoms with van der Waals surface area (Å²) in [6.45, 7) is 14.5. The van der Waals surface area contributed by atoms with E-state index >= 15 is 0 Å². The molecule has 0 radical (unpaired) electrons. The van der Waals surface area contributed by atoms with E-state index in [1.165, 1.54) is 4.90 Å². The lowest BCUT2D eigenvalue weighted by Crippen LogP contribution is -2.51. The molecule has 194 valence electrons. The van der Waals surface area contributed by atoms with Crippen molar-refractivity contribution >= 4 is 23.6 Å². The molecule has 0 bridgehead atoms. The third kappa shape index (κ3) is 7.86. The molecule has 0 fully saturated rings. The molecule has 36 heavy (non-hydrogen) atoms. The van der Waals surface area contributed by atoms with Gasteiger partial charge in [-0.1, -0.05) is 29.8 Å². The van der Waals surface area contributed by atoms with Crippen molar-refractivity contribution in [2.24, 2.45) is 0 Å². The molecule has 8 heteroatoms. The fourth-order valence-electron chi connectivity index (χ4n) is 3.72. The third-order valence-corrected chi connectivity index (χ3v) is 5.35. The van der Waals surface area contributed by atoms with Crippen molar-refractivity contribution in [3.63, 3.8) is 0 Å². The minimum Gasteiger partial charge on any atom is -0.497 e. The zero-order chi connectivity index (χ0) is 27.0. The largest absolute Gasteiger partial charge is 0.497 e. The number of benzene rings is 2. The number of carbonyl (C=O) groups excluding carboxylic acids is 3. The Morgan fingerprint density at radius 1 is 1.08 bits per heavy atom. The summed E-state index contributed by atoms with van der Waals surface area (Å²) in [5.74, 6) is -0.188. The topological polar surface area (TPSA) is 97.0 Å². The highest BCUT2D eigenvalue weighted by molar-refractivity contribution is 5.99. The second-order valence-electron chi connectivity index (χ2n) is 9.63. The van der Waals surface area contributed by atoms with Crippen LogP contribution in [-0.2, 0) is 14.3 Å². The van der Waals surface area contributed by atoms with Gasteiger partial charge in [0.2, 0.25) is 5.91 Å². The molecule has 0 heterocycles. The molecule has 0 aromatic heterocycles. The SMILES string of the molecule is C=CCN(C(=O)C(C)NC(=O)OC(C)(C)C)C(C(=O)Nc1ccc(OC)cc1)c1ccc(C)cc1C. The number of hydrogen-bond acceptors (Lipinski definition) is 5. The van der Waals surface area contributed by atoms with Gasteiger partial charge >= 0.3 is 6.09 Å². The van der Waals surface area contributed by atoms with E-state index in [0.717, 1.165) is 11.1 Å². The highest BCUT2D eigenvalue weighted by Crippen LogP contribution is 2.28. The molecule has 0 aliphatic heterocycles. The number of amides is 3. The van der Waals surface area contributed by atoms with Crippen LogP contribution in [0.25, 0.3) is 0 Å². The summed E-state index contributed by atoms with van der Waals surface area (Å²) in [6.07, 6.45) is 0.836. The zero-order valence-corrected chi connectivity index (χ0v) is 22.2. The third-order valence-electron chi connectivity index (χ3n) is 5.35. The Morgan fingerprint density at radius 3 is 2.25 bits per heavy atom. The Kier molecular flexibility index (Phi) is 9.67. The number of hydrogen-bond donors (Lipinski definition) is 2. The quantitative estimate of drug-likeness (QED) is 0.482. The minimum atomic E-state index is -0.971. The second-order valence-corrected chi connectivity index (χ2v) is 9.63. The molecule has 2 atom stereocenters. The van der Waals surface area contributed by atoms with E-state index < -0.39 is 35.6 Å². The molecule has 2 aromatic carbocycles. The number of rotatable bonds is 9. The fraction of sp³-hybridized carbons (Fsp3) is 0.393. The Labute approximate surface area is 213 Å². The van der Waals surface area contributed by atoms with Crippen molar-refractivity contribution in [1.29, 1.82) is 0 Å². The number of anilines is 1. The molecule has 0 aliphatic carbocycles. The smallest absolute Gasteiger partial charge is 0.408 e. The first-order valence-corrected chi connectivity index (χ1v) is 11.8. The minimum absolute atomic E-state index is 0.0905. The van der Waals surface area contributed by atoms with E-state index in [4.69, 9.17) is 9.47 Å². The first-order chi connectivity index (χ1) is 16.9. The average Bonchev–Trinajstić information content (AvgIpc) is 2.78. The van der Waals surface area contributed by atoms with Crippen molar-refractivity contribution in [3.05, 3.63) is 71.8 Å². The lowest BCUT2D eigenvalue weighted by Gasteiger charge is -2.33. The molecule has 2 unspecified atom stereocenters. The van der Waals surface area contributed by atoms with E-state index in [-0.39, 0.29) is 6.54 Å². The summed E-state index contributed by atoms with van der Waals surface area (Å²) in [5.41, 5.74) is 2.41. The van der Waals surface area contributed by atoms with Crippen LogP contribution in [0.3, 0.4) is 0 Å². The van der Waals surface area contributed by atoms with Crippen LogP contribution in [0, 0.1) is 13.8 Å². The van der Waals surface area contributed by atoms with Gasteiger partial charge < -0.3 is 25.0 Å². The number of methoxy groups -OCH3 is 1. The second kappa shape index (κ2) is 12.2. The molecule has 0 aliphatic rings. The summed E-state index contributed by atoms with van der Waals surface area (Å²) < 4.78 is 10.5. The Balaban J connectivity index is 2.43. The van der Waals surface area contributed by atoms with Crippen LogP contribution in [0.15, 0.2) is 55.1 Å². The summed E-state index contributed by atoms with van der Waals surface area (Å²) >= 11 is 0. The zero-order valence-electron chi connectivity index (χ0n) is 22.2. The fourth-order valence-corrected chi connectivity index (χ4v) is 3.72. The lowest BCUT2D eigenvalue weighted by atomic mass is 9.96. The van der Waals surface area contributed by atoms with Crippen molar-refractivity contribution in [2.45, 2.75) is 59.2 Å². The van der Waals surface area contributed by atoms with Gasteiger partial charge in [-0.3, -0.25) is 9.59 Å². The molecular weight excluding hydrogens is 458 g/mol. The normalized spacial score (nSPS) is 12.6. The standard InChI is InChI=1S/C28H37N3O5/c1-9-16-31(26(33)20(4)29-27(34)36-28(5,6)7)24(23-15-10-18(2)17-19(23)3)25(32)30-21-11-13-22(35-8)14-12-21/h9-15,17,20,24H,1,16H2,2-8H3,(H,29,34)(H,30,32). The van der Waals surface area contributed by atoms with Gasteiger partial charge in [0.1, 0.15) is 23.4 Å². The maximum absolute atomic E-state index is 13.7. The van der Waals surface area contributed by atoms with Gasteiger partial charge in [0, 0.05) is 12.2 Å². The lowest BCUT2D eigenvalue weighted by molar-refractivity contribution is -0.139. The molecule has 2 N–H and O–H groups in total. The van der Waals surface area contributed by atoms with Crippen LogP contribution in [0.4, 0.5) is 10.5 Å². The van der Waals surface area contributed by atoms with Crippen LogP contribution < -0.4 is 15.4 Å². The Hall–Kier alpha value is -3.81. The highest BCUT2D eigenvalue weighted by Gasteiger charge is 2.35. The average molecular weight is 496 g/mol. The first-order valence-electron chi connectivity index (χ1n) is 11.8. The van der Waals surface area contributed by atoms with E-state index in [0.29, 0.717) is 17.0 Å². The number of nitrogens with zero attached hydrogens (tertiary/aromatic N) is 1. The van der Waals surface area contributed by atoms with E-state index in [9.17, 15) is 14.4 Å². The first kappa shape index (κ1) is 28.4. The molecular formula is C28H37N3O5. The van der Waals surface area contributed by atoms with E-state index in [2.05, 4.69) is 17.2 Å². The van der Waals surface area contributed by atoms with Gasteiger partial charge in [0.15, 0.2) is 0 Å². The molecule has 0 saturated carbocycles. The Bertz CT molecular complexity index is 1090. The summed E-state index contributed by atoms with van der Waals surface area (Å²) in [4.78, 5) is 41.0. The number of alkyl carbamates (subject to hydrolysis) is 1. The predicted octanol–water partition coefficient (Wildman–Crippen LogP) is 4.92. The van der Waals surface area contributed by atoms with Crippen LogP contribution >= 0.6 is 0 Å². The molecule has 8 nitrogen and oxygen atoms in total. The van der Waals surface area contributed by atoms with E-state index in [1.807, 2.05) is 32.0 Å². The molecule has 0 saturated heterocycles. The predicted molar refractivity (Wildman–Crippen MR) is 141 cm³/mol. The number of aryl methyl sites for hydroxylation is 2. The van der Waals surface area contributed by atoms with Crippen LogP contribution in [0.1, 0.15) is 50.4 Å². The monoisotopic (exact) mass is 495 g/mol. The maximum Gasteiger partial charge on any atom is 0.408 e. The van der Waals surface area contributed by atoms with Gasteiger partial charge in [-0.2, -0.15) is 0 Å². The van der Waals surface area contributed by atoms with Crippen molar-refractivity contribution in [1.82, 2.24) is 10.2 Å². The van der Waals surface area contributed by atoms with Gasteiger partial charge in [0.05, 0.1) is 7.11 Å². The van der Waals surface area contributed by atoms with Gasteiger partial charge in [0.25, 0.3) is 5.91 Å². The summed E-state index contributed by atoms with van der Waals surface area (Å²) in [7, 11) is 1.56. The number of ether oxygens (including phenoxy) is 2.